The third-order valence-corrected chi connectivity index (χ3v) is 3.89. The zero-order valence-electron chi connectivity index (χ0n) is 11.1. The zero-order valence-corrected chi connectivity index (χ0v) is 13.4. The molecule has 0 radical (unpaired) electrons. The van der Waals surface area contributed by atoms with Crippen LogP contribution in [0.15, 0.2) is 29.0 Å². The molecule has 20 heavy (non-hydrogen) atoms. The van der Waals surface area contributed by atoms with E-state index in [1.165, 1.54) is 0 Å². The Balaban J connectivity index is 2.16. The number of hydrogen-bond acceptors (Lipinski definition) is 3. The molecule has 1 aromatic carbocycles. The van der Waals surface area contributed by atoms with Crippen molar-refractivity contribution in [1.29, 1.82) is 0 Å². The van der Waals surface area contributed by atoms with E-state index in [-0.39, 0.29) is 5.38 Å². The van der Waals surface area contributed by atoms with Crippen molar-refractivity contribution in [3.63, 3.8) is 0 Å². The minimum Gasteiger partial charge on any atom is -0.319 e. The summed E-state index contributed by atoms with van der Waals surface area (Å²) in [4.78, 5) is 4.63. The molecule has 104 valence electrons. The average molecular weight is 355 g/mol. The average Bonchev–Trinajstić information content (AvgIpc) is 2.95. The molecule has 0 aliphatic heterocycles. The molecule has 7 heteroatoms. The van der Waals surface area contributed by atoms with Crippen molar-refractivity contribution < 1.29 is 0 Å². The van der Waals surface area contributed by atoms with E-state index in [1.807, 2.05) is 36.7 Å². The third-order valence-electron chi connectivity index (χ3n) is 3.20. The van der Waals surface area contributed by atoms with Crippen LogP contribution in [0.5, 0.6) is 0 Å². The summed E-state index contributed by atoms with van der Waals surface area (Å²) in [6.07, 6.45) is 1.69. The highest BCUT2D eigenvalue weighted by Gasteiger charge is 2.16. The van der Waals surface area contributed by atoms with Gasteiger partial charge in [0.25, 0.3) is 0 Å². The summed E-state index contributed by atoms with van der Waals surface area (Å²) in [5.74, 6) is 1.70. The van der Waals surface area contributed by atoms with Crippen LogP contribution in [0.4, 0.5) is 0 Å². The normalized spacial score (nSPS) is 13.0. The van der Waals surface area contributed by atoms with Crippen LogP contribution in [0.1, 0.15) is 23.9 Å². The highest BCUT2D eigenvalue weighted by Crippen LogP contribution is 2.27. The Kier molecular flexibility index (Phi) is 3.52. The van der Waals surface area contributed by atoms with Gasteiger partial charge in [-0.1, -0.05) is 15.9 Å². The van der Waals surface area contributed by atoms with Crippen molar-refractivity contribution in [2.24, 2.45) is 7.05 Å². The van der Waals surface area contributed by atoms with E-state index in [9.17, 15) is 0 Å². The zero-order chi connectivity index (χ0) is 14.3. The van der Waals surface area contributed by atoms with Crippen LogP contribution in [0, 0.1) is 0 Å². The molecule has 0 amide bonds. The molecule has 0 N–H and O–H groups in total. The molecule has 0 fully saturated rings. The van der Waals surface area contributed by atoms with Crippen LogP contribution < -0.4 is 0 Å². The van der Waals surface area contributed by atoms with Gasteiger partial charge in [0.1, 0.15) is 12.2 Å². The van der Waals surface area contributed by atoms with Gasteiger partial charge in [-0.25, -0.2) is 4.98 Å². The Hall–Kier alpha value is -1.40. The first-order valence-electron chi connectivity index (χ1n) is 6.19. The third kappa shape index (κ3) is 2.33. The number of alkyl halides is 1. The summed E-state index contributed by atoms with van der Waals surface area (Å²) in [5.41, 5.74) is 1.96. The van der Waals surface area contributed by atoms with E-state index in [0.29, 0.717) is 6.54 Å². The number of halogens is 2. The summed E-state index contributed by atoms with van der Waals surface area (Å²) in [7, 11) is 1.93. The van der Waals surface area contributed by atoms with Crippen LogP contribution in [0.2, 0.25) is 0 Å². The van der Waals surface area contributed by atoms with E-state index in [4.69, 9.17) is 11.6 Å². The summed E-state index contributed by atoms with van der Waals surface area (Å²) in [5, 5.41) is 7.87. The van der Waals surface area contributed by atoms with E-state index in [1.54, 1.807) is 6.33 Å². The molecule has 0 aliphatic carbocycles. The molecular formula is C13H13BrClN5. The molecule has 0 saturated heterocycles. The van der Waals surface area contributed by atoms with Gasteiger partial charge >= 0.3 is 0 Å². The molecule has 0 spiro atoms. The second kappa shape index (κ2) is 5.18. The number of aromatic nitrogens is 5. The summed E-state index contributed by atoms with van der Waals surface area (Å²) < 4.78 is 4.98. The van der Waals surface area contributed by atoms with Crippen LogP contribution in [-0.2, 0) is 13.6 Å². The van der Waals surface area contributed by atoms with Crippen LogP contribution >= 0.6 is 27.5 Å². The van der Waals surface area contributed by atoms with Gasteiger partial charge in [-0.3, -0.25) is 0 Å². The Morgan fingerprint density at radius 1 is 1.40 bits per heavy atom. The van der Waals surface area contributed by atoms with Crippen LogP contribution in [0.3, 0.4) is 0 Å². The van der Waals surface area contributed by atoms with Gasteiger partial charge in [-0.15, -0.1) is 21.8 Å². The highest BCUT2D eigenvalue weighted by molar-refractivity contribution is 9.10. The Labute approximate surface area is 129 Å². The summed E-state index contributed by atoms with van der Waals surface area (Å²) in [6.45, 7) is 2.52. The topological polar surface area (TPSA) is 48.5 Å². The quantitative estimate of drug-likeness (QED) is 0.678. The summed E-state index contributed by atoms with van der Waals surface area (Å²) in [6, 6.07) is 6.02. The van der Waals surface area contributed by atoms with E-state index in [2.05, 4.69) is 35.7 Å². The number of hydrogen-bond donors (Lipinski definition) is 0. The predicted octanol–water partition coefficient (Wildman–Crippen LogP) is 3.28. The lowest BCUT2D eigenvalue weighted by Crippen LogP contribution is -2.09. The molecule has 0 bridgehead atoms. The number of nitrogens with zero attached hydrogens (tertiary/aromatic N) is 5. The fourth-order valence-corrected chi connectivity index (χ4v) is 2.70. The number of rotatable bonds is 3. The number of fused-ring (bicyclic) bond motifs is 1. The molecule has 2 heterocycles. The van der Waals surface area contributed by atoms with Gasteiger partial charge < -0.3 is 9.13 Å². The van der Waals surface area contributed by atoms with E-state index >= 15 is 0 Å². The van der Waals surface area contributed by atoms with Crippen molar-refractivity contribution in [3.05, 3.63) is 40.6 Å². The molecule has 3 aromatic rings. The van der Waals surface area contributed by atoms with Crippen LogP contribution in [0.25, 0.3) is 11.0 Å². The van der Waals surface area contributed by atoms with E-state index < -0.39 is 0 Å². The maximum atomic E-state index is 6.26. The largest absolute Gasteiger partial charge is 0.319 e. The molecule has 5 nitrogen and oxygen atoms in total. The maximum Gasteiger partial charge on any atom is 0.152 e. The molecular weight excluding hydrogens is 342 g/mol. The molecule has 3 rings (SSSR count). The lowest BCUT2D eigenvalue weighted by molar-refractivity contribution is 0.675. The lowest BCUT2D eigenvalue weighted by Gasteiger charge is -2.09. The van der Waals surface area contributed by atoms with Gasteiger partial charge in [0.2, 0.25) is 0 Å². The van der Waals surface area contributed by atoms with Crippen molar-refractivity contribution >= 4 is 38.6 Å². The van der Waals surface area contributed by atoms with Gasteiger partial charge in [0.05, 0.1) is 23.0 Å². The molecule has 1 atom stereocenters. The molecule has 0 saturated carbocycles. The fourth-order valence-electron chi connectivity index (χ4n) is 2.18. The number of benzene rings is 1. The first kappa shape index (κ1) is 13.6. The van der Waals surface area contributed by atoms with Crippen molar-refractivity contribution in [2.75, 3.05) is 0 Å². The van der Waals surface area contributed by atoms with Crippen molar-refractivity contribution in [2.45, 2.75) is 18.8 Å². The first-order chi connectivity index (χ1) is 9.56. The first-order valence-corrected chi connectivity index (χ1v) is 7.42. The standard InChI is InChI=1S/C13H13BrClN5/c1-8(15)13-17-10-5-9(14)3-4-11(10)20(13)6-12-18-16-7-19(12)2/h3-5,7-8H,6H2,1-2H3. The van der Waals surface area contributed by atoms with Crippen LogP contribution in [-0.4, -0.2) is 24.3 Å². The minimum absolute atomic E-state index is 0.172. The van der Waals surface area contributed by atoms with Gasteiger partial charge in [0.15, 0.2) is 5.82 Å². The van der Waals surface area contributed by atoms with Crippen molar-refractivity contribution in [1.82, 2.24) is 24.3 Å². The second-order valence-corrected chi connectivity index (χ2v) is 6.23. The Bertz CT molecular complexity index is 761. The second-order valence-electron chi connectivity index (χ2n) is 4.66. The Morgan fingerprint density at radius 2 is 2.20 bits per heavy atom. The maximum absolute atomic E-state index is 6.26. The van der Waals surface area contributed by atoms with Gasteiger partial charge in [-0.2, -0.15) is 0 Å². The Morgan fingerprint density at radius 3 is 2.85 bits per heavy atom. The highest BCUT2D eigenvalue weighted by atomic mass is 79.9. The SMILES string of the molecule is CC(Cl)c1nc2cc(Br)ccc2n1Cc1nncn1C. The van der Waals surface area contributed by atoms with E-state index in [0.717, 1.165) is 27.2 Å². The summed E-state index contributed by atoms with van der Waals surface area (Å²) >= 11 is 9.73. The molecule has 0 aliphatic rings. The predicted molar refractivity (Wildman–Crippen MR) is 81.8 cm³/mol. The van der Waals surface area contributed by atoms with Crippen molar-refractivity contribution in [3.8, 4) is 0 Å². The number of aryl methyl sites for hydroxylation is 1. The van der Waals surface area contributed by atoms with Gasteiger partial charge in [0, 0.05) is 11.5 Å². The minimum atomic E-state index is -0.172. The molecule has 2 aromatic heterocycles. The monoisotopic (exact) mass is 353 g/mol. The molecule has 1 unspecified atom stereocenters. The van der Waals surface area contributed by atoms with Gasteiger partial charge in [-0.05, 0) is 25.1 Å². The smallest absolute Gasteiger partial charge is 0.152 e. The number of imidazole rings is 1. The fraction of sp³-hybridized carbons (Fsp3) is 0.308. The lowest BCUT2D eigenvalue weighted by atomic mass is 10.3.